The topological polar surface area (TPSA) is 49.0 Å². The molecule has 5 nitrogen and oxygen atoms in total. The zero-order valence-corrected chi connectivity index (χ0v) is 18.2. The molecular formula is C25H33NO4. The molecule has 0 amide bonds. The van der Waals surface area contributed by atoms with Crippen molar-refractivity contribution in [3.8, 4) is 11.5 Å². The molecule has 0 spiro atoms. The van der Waals surface area contributed by atoms with Gasteiger partial charge < -0.3 is 24.3 Å². The second-order valence-corrected chi connectivity index (χ2v) is 7.31. The van der Waals surface area contributed by atoms with Crippen molar-refractivity contribution in [3.05, 3.63) is 65.7 Å². The zero-order chi connectivity index (χ0) is 21.2. The molecule has 2 aromatic rings. The molecule has 0 fully saturated rings. The first-order valence-electron chi connectivity index (χ1n) is 10.8. The molecule has 2 aromatic carbocycles. The van der Waals surface area contributed by atoms with Crippen LogP contribution < -0.4 is 14.8 Å². The maximum Gasteiger partial charge on any atom is 0.231 e. The van der Waals surface area contributed by atoms with E-state index < -0.39 is 0 Å². The second-order valence-electron chi connectivity index (χ2n) is 7.31. The molecule has 1 heterocycles. The van der Waals surface area contributed by atoms with Crippen LogP contribution >= 0.6 is 0 Å². The van der Waals surface area contributed by atoms with Gasteiger partial charge in [0.2, 0.25) is 6.79 Å². The summed E-state index contributed by atoms with van der Waals surface area (Å²) in [5.74, 6) is 1.81. The van der Waals surface area contributed by atoms with Crippen molar-refractivity contribution >= 4 is 6.08 Å². The predicted molar refractivity (Wildman–Crippen MR) is 120 cm³/mol. The summed E-state index contributed by atoms with van der Waals surface area (Å²) >= 11 is 0. The highest BCUT2D eigenvalue weighted by Crippen LogP contribution is 2.37. The third-order valence-electron chi connectivity index (χ3n) is 5.25. The lowest BCUT2D eigenvalue weighted by Gasteiger charge is -2.29. The van der Waals surface area contributed by atoms with Crippen molar-refractivity contribution in [2.75, 3.05) is 26.6 Å². The van der Waals surface area contributed by atoms with E-state index in [1.165, 1.54) is 11.1 Å². The molecule has 1 N–H and O–H groups in total. The van der Waals surface area contributed by atoms with Crippen LogP contribution in [0.3, 0.4) is 0 Å². The monoisotopic (exact) mass is 411 g/mol. The number of benzene rings is 2. The van der Waals surface area contributed by atoms with E-state index >= 15 is 0 Å². The number of fused-ring (bicyclic) bond motifs is 1. The van der Waals surface area contributed by atoms with Crippen LogP contribution in [0.1, 0.15) is 44.2 Å². The lowest BCUT2D eigenvalue weighted by atomic mass is 9.88. The summed E-state index contributed by atoms with van der Waals surface area (Å²) in [5.41, 5.74) is 2.39. The van der Waals surface area contributed by atoms with Crippen LogP contribution in [0.25, 0.3) is 6.08 Å². The quantitative estimate of drug-likeness (QED) is 0.499. The molecule has 0 saturated carbocycles. The molecule has 0 bridgehead atoms. The summed E-state index contributed by atoms with van der Waals surface area (Å²) in [6, 6.07) is 16.7. The molecule has 162 valence electrons. The first-order valence-corrected chi connectivity index (χ1v) is 10.8. The van der Waals surface area contributed by atoms with Crippen molar-refractivity contribution in [2.24, 2.45) is 0 Å². The van der Waals surface area contributed by atoms with Gasteiger partial charge >= 0.3 is 0 Å². The minimum Gasteiger partial charge on any atom is -0.454 e. The SMILES string of the molecule is CCOC(C[C@@H](c1ccc2c(c1)OCO2)[C@H](C)NC/C=C/c1ccccc1)OCC. The van der Waals surface area contributed by atoms with Crippen LogP contribution in [-0.4, -0.2) is 38.9 Å². The fourth-order valence-electron chi connectivity index (χ4n) is 3.69. The number of hydrogen-bond donors (Lipinski definition) is 1. The Morgan fingerprint density at radius 3 is 2.47 bits per heavy atom. The number of rotatable bonds is 12. The average Bonchev–Trinajstić information content (AvgIpc) is 3.24. The van der Waals surface area contributed by atoms with Gasteiger partial charge in [-0.05, 0) is 44.0 Å². The Hall–Kier alpha value is -2.34. The Labute approximate surface area is 180 Å². The van der Waals surface area contributed by atoms with Crippen LogP contribution in [0, 0.1) is 0 Å². The summed E-state index contributed by atoms with van der Waals surface area (Å²) in [4.78, 5) is 0. The normalized spacial score (nSPS) is 15.1. The largest absolute Gasteiger partial charge is 0.454 e. The minimum absolute atomic E-state index is 0.202. The molecule has 0 radical (unpaired) electrons. The smallest absolute Gasteiger partial charge is 0.231 e. The molecule has 0 unspecified atom stereocenters. The van der Waals surface area contributed by atoms with Gasteiger partial charge in [-0.1, -0.05) is 48.6 Å². The summed E-state index contributed by atoms with van der Waals surface area (Å²) in [6.45, 7) is 8.52. The van der Waals surface area contributed by atoms with E-state index in [0.717, 1.165) is 24.5 Å². The summed E-state index contributed by atoms with van der Waals surface area (Å²) in [6.07, 6.45) is 4.82. The number of ether oxygens (including phenoxy) is 4. The third-order valence-corrected chi connectivity index (χ3v) is 5.25. The van der Waals surface area contributed by atoms with Crippen LogP contribution in [0.2, 0.25) is 0 Å². The summed E-state index contributed by atoms with van der Waals surface area (Å²) < 4.78 is 22.8. The van der Waals surface area contributed by atoms with E-state index in [0.29, 0.717) is 13.2 Å². The molecule has 2 atom stereocenters. The lowest BCUT2D eigenvalue weighted by molar-refractivity contribution is -0.143. The van der Waals surface area contributed by atoms with Gasteiger partial charge in [-0.25, -0.2) is 0 Å². The fourth-order valence-corrected chi connectivity index (χ4v) is 3.69. The van der Waals surface area contributed by atoms with Gasteiger partial charge in [0, 0.05) is 38.1 Å². The van der Waals surface area contributed by atoms with Crippen molar-refractivity contribution in [2.45, 2.75) is 45.4 Å². The zero-order valence-electron chi connectivity index (χ0n) is 18.2. The summed E-state index contributed by atoms with van der Waals surface area (Å²) in [5, 5.41) is 3.64. The van der Waals surface area contributed by atoms with E-state index in [2.05, 4.69) is 48.7 Å². The van der Waals surface area contributed by atoms with Gasteiger partial charge in [-0.15, -0.1) is 0 Å². The predicted octanol–water partition coefficient (Wildman–Crippen LogP) is 4.98. The molecule has 0 saturated heterocycles. The van der Waals surface area contributed by atoms with Gasteiger partial charge in [-0.3, -0.25) is 0 Å². The van der Waals surface area contributed by atoms with Crippen molar-refractivity contribution in [3.63, 3.8) is 0 Å². The number of hydrogen-bond acceptors (Lipinski definition) is 5. The Morgan fingerprint density at radius 2 is 1.73 bits per heavy atom. The van der Waals surface area contributed by atoms with E-state index in [9.17, 15) is 0 Å². The van der Waals surface area contributed by atoms with Crippen LogP contribution in [0.4, 0.5) is 0 Å². The minimum atomic E-state index is -0.237. The molecule has 0 aromatic heterocycles. The second kappa shape index (κ2) is 11.7. The maximum atomic E-state index is 5.84. The van der Waals surface area contributed by atoms with Gasteiger partial charge in [0.25, 0.3) is 0 Å². The highest BCUT2D eigenvalue weighted by molar-refractivity contribution is 5.49. The van der Waals surface area contributed by atoms with Gasteiger partial charge in [0.1, 0.15) is 0 Å². The van der Waals surface area contributed by atoms with Crippen molar-refractivity contribution < 1.29 is 18.9 Å². The van der Waals surface area contributed by atoms with E-state index in [-0.39, 0.29) is 25.0 Å². The lowest BCUT2D eigenvalue weighted by Crippen LogP contribution is -2.35. The molecule has 30 heavy (non-hydrogen) atoms. The molecule has 3 rings (SSSR count). The van der Waals surface area contributed by atoms with Gasteiger partial charge in [-0.2, -0.15) is 0 Å². The van der Waals surface area contributed by atoms with Gasteiger partial charge in [0.05, 0.1) is 0 Å². The Kier molecular flexibility index (Phi) is 8.75. The fraction of sp³-hybridized carbons (Fsp3) is 0.440. The molecular weight excluding hydrogens is 378 g/mol. The van der Waals surface area contributed by atoms with E-state index in [1.807, 2.05) is 38.1 Å². The Morgan fingerprint density at radius 1 is 1.00 bits per heavy atom. The Bertz CT molecular complexity index is 787. The van der Waals surface area contributed by atoms with Crippen molar-refractivity contribution in [1.82, 2.24) is 5.32 Å². The maximum absolute atomic E-state index is 5.84. The van der Waals surface area contributed by atoms with Gasteiger partial charge in [0.15, 0.2) is 17.8 Å². The van der Waals surface area contributed by atoms with E-state index in [1.54, 1.807) is 0 Å². The average molecular weight is 412 g/mol. The number of nitrogens with one attached hydrogen (secondary N) is 1. The van der Waals surface area contributed by atoms with Crippen LogP contribution in [0.15, 0.2) is 54.6 Å². The standard InChI is InChI=1S/C25H33NO4/c1-4-27-25(28-5-2)17-22(21-13-14-23-24(16-21)30-18-29-23)19(3)26-15-9-12-20-10-7-6-8-11-20/h6-14,16,19,22,25-26H,4-5,15,17-18H2,1-3H3/b12-9+/t19-,22+/m0/s1. The first-order chi connectivity index (χ1) is 14.7. The van der Waals surface area contributed by atoms with Crippen molar-refractivity contribution in [1.29, 1.82) is 0 Å². The molecule has 0 aliphatic carbocycles. The Balaban J connectivity index is 1.69. The molecule has 1 aliphatic heterocycles. The van der Waals surface area contributed by atoms with E-state index in [4.69, 9.17) is 18.9 Å². The highest BCUT2D eigenvalue weighted by Gasteiger charge is 2.26. The third kappa shape index (κ3) is 6.33. The summed E-state index contributed by atoms with van der Waals surface area (Å²) in [7, 11) is 0. The highest BCUT2D eigenvalue weighted by atomic mass is 16.7. The van der Waals surface area contributed by atoms with Crippen LogP contribution in [0.5, 0.6) is 11.5 Å². The molecule has 5 heteroatoms. The van der Waals surface area contributed by atoms with Crippen LogP contribution in [-0.2, 0) is 9.47 Å². The molecule has 1 aliphatic rings. The first kappa shape index (κ1) is 22.3.